The molecular weight excluding hydrogens is 202 g/mol. The smallest absolute Gasteiger partial charge is 0.236 e. The fraction of sp³-hybridized carbons (Fsp3) is 0.917. The number of likely N-dealkylation sites (N-methyl/N-ethyl adjacent to an activating group) is 2. The molecule has 0 aromatic rings. The van der Waals surface area contributed by atoms with Gasteiger partial charge in [-0.15, -0.1) is 0 Å². The largest absolute Gasteiger partial charge is 0.358 e. The standard InChI is InChI=1S/C12H25N3O/c1-12(2,3)15(5)8-9-6-7-10(14-9)11(16)13-4/h9-10,14H,6-8H2,1-5H3,(H,13,16). The van der Waals surface area contributed by atoms with E-state index >= 15 is 0 Å². The number of hydrogen-bond donors (Lipinski definition) is 2. The molecule has 1 fully saturated rings. The predicted octanol–water partition coefficient (Wildman–Crippen LogP) is 0.583. The summed E-state index contributed by atoms with van der Waals surface area (Å²) >= 11 is 0. The number of rotatable bonds is 3. The number of nitrogens with one attached hydrogen (secondary N) is 2. The van der Waals surface area contributed by atoms with Crippen molar-refractivity contribution in [1.82, 2.24) is 15.5 Å². The van der Waals surface area contributed by atoms with Gasteiger partial charge in [0.25, 0.3) is 0 Å². The molecule has 0 bridgehead atoms. The molecule has 16 heavy (non-hydrogen) atoms. The van der Waals surface area contributed by atoms with E-state index in [0.717, 1.165) is 19.4 Å². The fourth-order valence-electron chi connectivity index (χ4n) is 1.95. The summed E-state index contributed by atoms with van der Waals surface area (Å²) in [4.78, 5) is 13.8. The van der Waals surface area contributed by atoms with Crippen LogP contribution in [0.1, 0.15) is 33.6 Å². The highest BCUT2D eigenvalue weighted by molar-refractivity contribution is 5.81. The summed E-state index contributed by atoms with van der Waals surface area (Å²) in [5, 5.41) is 6.09. The minimum absolute atomic E-state index is 0.00312. The first-order valence-electron chi connectivity index (χ1n) is 6.03. The summed E-state index contributed by atoms with van der Waals surface area (Å²) in [5.74, 6) is 0.112. The molecular formula is C12H25N3O. The average molecular weight is 227 g/mol. The summed E-state index contributed by atoms with van der Waals surface area (Å²) < 4.78 is 0. The minimum atomic E-state index is 0.00312. The second-order valence-electron chi connectivity index (χ2n) is 5.66. The maximum Gasteiger partial charge on any atom is 0.236 e. The van der Waals surface area contributed by atoms with Crippen molar-refractivity contribution in [1.29, 1.82) is 0 Å². The van der Waals surface area contributed by atoms with E-state index in [1.165, 1.54) is 0 Å². The van der Waals surface area contributed by atoms with Crippen LogP contribution in [0.5, 0.6) is 0 Å². The van der Waals surface area contributed by atoms with Crippen molar-refractivity contribution in [2.24, 2.45) is 0 Å². The molecule has 0 aromatic heterocycles. The van der Waals surface area contributed by atoms with E-state index in [9.17, 15) is 4.79 Å². The molecule has 4 nitrogen and oxygen atoms in total. The molecule has 1 heterocycles. The van der Waals surface area contributed by atoms with E-state index in [0.29, 0.717) is 6.04 Å². The lowest BCUT2D eigenvalue weighted by molar-refractivity contribution is -0.122. The molecule has 4 heteroatoms. The highest BCUT2D eigenvalue weighted by Crippen LogP contribution is 2.17. The van der Waals surface area contributed by atoms with E-state index in [2.05, 4.69) is 43.4 Å². The van der Waals surface area contributed by atoms with Gasteiger partial charge in [-0.25, -0.2) is 0 Å². The number of nitrogens with zero attached hydrogens (tertiary/aromatic N) is 1. The van der Waals surface area contributed by atoms with Gasteiger partial charge in [-0.1, -0.05) is 0 Å². The van der Waals surface area contributed by atoms with Crippen molar-refractivity contribution >= 4 is 5.91 Å². The molecule has 0 radical (unpaired) electrons. The summed E-state index contributed by atoms with van der Waals surface area (Å²) in [5.41, 5.74) is 0.187. The van der Waals surface area contributed by atoms with E-state index in [1.807, 2.05) is 0 Å². The van der Waals surface area contributed by atoms with Crippen LogP contribution in [0.4, 0.5) is 0 Å². The van der Waals surface area contributed by atoms with Crippen LogP contribution < -0.4 is 10.6 Å². The Labute approximate surface area is 98.8 Å². The van der Waals surface area contributed by atoms with Crippen LogP contribution in [0.2, 0.25) is 0 Å². The molecule has 0 aromatic carbocycles. The van der Waals surface area contributed by atoms with E-state index in [4.69, 9.17) is 0 Å². The first-order chi connectivity index (χ1) is 7.34. The Morgan fingerprint density at radius 2 is 2.06 bits per heavy atom. The number of amides is 1. The maximum atomic E-state index is 11.5. The zero-order valence-corrected chi connectivity index (χ0v) is 11.1. The third-order valence-electron chi connectivity index (χ3n) is 3.44. The quantitative estimate of drug-likeness (QED) is 0.741. The third kappa shape index (κ3) is 3.46. The Morgan fingerprint density at radius 1 is 1.44 bits per heavy atom. The van der Waals surface area contributed by atoms with Gasteiger partial charge in [0.05, 0.1) is 6.04 Å². The molecule has 0 saturated carbocycles. The lowest BCUT2D eigenvalue weighted by atomic mass is 10.1. The number of hydrogen-bond acceptors (Lipinski definition) is 3. The molecule has 2 atom stereocenters. The van der Waals surface area contributed by atoms with Gasteiger partial charge in [0.1, 0.15) is 0 Å². The zero-order valence-electron chi connectivity index (χ0n) is 11.1. The molecule has 2 unspecified atom stereocenters. The Balaban J connectivity index is 2.40. The van der Waals surface area contributed by atoms with Crippen LogP contribution in [0.3, 0.4) is 0 Å². The molecule has 1 aliphatic heterocycles. The molecule has 0 spiro atoms. The van der Waals surface area contributed by atoms with Gasteiger partial charge in [0, 0.05) is 25.2 Å². The van der Waals surface area contributed by atoms with Gasteiger partial charge in [-0.05, 0) is 40.7 Å². The lowest BCUT2D eigenvalue weighted by Crippen LogP contribution is -2.48. The summed E-state index contributed by atoms with van der Waals surface area (Å²) in [6.07, 6.45) is 2.03. The first kappa shape index (κ1) is 13.5. The first-order valence-corrected chi connectivity index (χ1v) is 6.03. The lowest BCUT2D eigenvalue weighted by Gasteiger charge is -2.34. The van der Waals surface area contributed by atoms with Gasteiger partial charge in [0.2, 0.25) is 5.91 Å². The zero-order chi connectivity index (χ0) is 12.3. The van der Waals surface area contributed by atoms with Gasteiger partial charge < -0.3 is 10.6 Å². The molecule has 0 aliphatic carbocycles. The average Bonchev–Trinajstić information content (AvgIpc) is 2.63. The van der Waals surface area contributed by atoms with Crippen LogP contribution in [-0.4, -0.2) is 49.1 Å². The Kier molecular flexibility index (Phi) is 4.33. The van der Waals surface area contributed by atoms with E-state index in [-0.39, 0.29) is 17.5 Å². The molecule has 94 valence electrons. The summed E-state index contributed by atoms with van der Waals surface area (Å²) in [6.45, 7) is 7.62. The summed E-state index contributed by atoms with van der Waals surface area (Å²) in [7, 11) is 3.83. The second kappa shape index (κ2) is 5.15. The third-order valence-corrected chi connectivity index (χ3v) is 3.44. The predicted molar refractivity (Wildman–Crippen MR) is 66.4 cm³/mol. The van der Waals surface area contributed by atoms with Crippen molar-refractivity contribution in [3.05, 3.63) is 0 Å². The minimum Gasteiger partial charge on any atom is -0.358 e. The van der Waals surface area contributed by atoms with Gasteiger partial charge in [-0.3, -0.25) is 9.69 Å². The van der Waals surface area contributed by atoms with E-state index < -0.39 is 0 Å². The van der Waals surface area contributed by atoms with Crippen LogP contribution in [0.25, 0.3) is 0 Å². The van der Waals surface area contributed by atoms with Crippen molar-refractivity contribution < 1.29 is 4.79 Å². The fourth-order valence-corrected chi connectivity index (χ4v) is 1.95. The Hall–Kier alpha value is -0.610. The molecule has 1 amide bonds. The van der Waals surface area contributed by atoms with Crippen molar-refractivity contribution in [2.45, 2.75) is 51.2 Å². The monoisotopic (exact) mass is 227 g/mol. The Morgan fingerprint density at radius 3 is 2.56 bits per heavy atom. The topological polar surface area (TPSA) is 44.4 Å². The van der Waals surface area contributed by atoms with E-state index in [1.54, 1.807) is 7.05 Å². The maximum absolute atomic E-state index is 11.5. The summed E-state index contributed by atoms with van der Waals surface area (Å²) in [6, 6.07) is 0.440. The molecule has 1 rings (SSSR count). The molecule has 2 N–H and O–H groups in total. The van der Waals surface area contributed by atoms with Crippen molar-refractivity contribution in [2.75, 3.05) is 20.6 Å². The molecule has 1 saturated heterocycles. The second-order valence-corrected chi connectivity index (χ2v) is 5.66. The van der Waals surface area contributed by atoms with Crippen LogP contribution >= 0.6 is 0 Å². The van der Waals surface area contributed by atoms with Crippen LogP contribution in [0.15, 0.2) is 0 Å². The van der Waals surface area contributed by atoms with Crippen LogP contribution in [0, 0.1) is 0 Å². The van der Waals surface area contributed by atoms with Crippen LogP contribution in [-0.2, 0) is 4.79 Å². The number of carbonyl (C=O) groups excluding carboxylic acids is 1. The number of carbonyl (C=O) groups is 1. The Bertz CT molecular complexity index is 247. The molecule has 1 aliphatic rings. The van der Waals surface area contributed by atoms with Gasteiger partial charge >= 0.3 is 0 Å². The normalized spacial score (nSPS) is 26.1. The SMILES string of the molecule is CNC(=O)C1CCC(CN(C)C(C)(C)C)N1. The van der Waals surface area contributed by atoms with Gasteiger partial charge in [0.15, 0.2) is 0 Å². The van der Waals surface area contributed by atoms with Crippen molar-refractivity contribution in [3.63, 3.8) is 0 Å². The highest BCUT2D eigenvalue weighted by Gasteiger charge is 2.30. The van der Waals surface area contributed by atoms with Crippen molar-refractivity contribution in [3.8, 4) is 0 Å². The highest BCUT2D eigenvalue weighted by atomic mass is 16.2. The van der Waals surface area contributed by atoms with Gasteiger partial charge in [-0.2, -0.15) is 0 Å².